The molecule has 0 saturated heterocycles. The number of hydrogen-bond acceptors (Lipinski definition) is 3. The number of likely N-dealkylation sites (N-methyl/N-ethyl adjacent to an activating group) is 1. The fourth-order valence-corrected chi connectivity index (χ4v) is 5.86. The van der Waals surface area contributed by atoms with Crippen molar-refractivity contribution in [3.63, 3.8) is 0 Å². The second kappa shape index (κ2) is 13.5. The SMILES string of the molecule is CC#CN(C)C(=O)NCC1(C)CC(CC(=O)N(C)CCCN(C)C(=O)Cc2ccccc2)CC(C)(C)C1. The predicted octanol–water partition coefficient (Wildman–Crippen LogP) is 4.38. The Morgan fingerprint density at radius 3 is 2.22 bits per heavy atom. The molecule has 2 atom stereocenters. The molecule has 0 heterocycles. The smallest absolute Gasteiger partial charge is 0.328 e. The lowest BCUT2D eigenvalue weighted by Crippen LogP contribution is -2.46. The molecule has 2 rings (SSSR count). The summed E-state index contributed by atoms with van der Waals surface area (Å²) in [4.78, 5) is 42.8. The highest BCUT2D eigenvalue weighted by atomic mass is 16.2. The van der Waals surface area contributed by atoms with E-state index in [2.05, 4.69) is 38.1 Å². The number of carbonyl (C=O) groups is 3. The summed E-state index contributed by atoms with van der Waals surface area (Å²) in [5, 5.41) is 3.03. The summed E-state index contributed by atoms with van der Waals surface area (Å²) in [6, 6.07) is 12.3. The first-order valence-electron chi connectivity index (χ1n) is 13.3. The van der Waals surface area contributed by atoms with Crippen LogP contribution in [0.5, 0.6) is 0 Å². The monoisotopic (exact) mass is 510 g/mol. The molecule has 1 aliphatic rings. The molecular weight excluding hydrogens is 464 g/mol. The molecule has 4 amide bonds. The third kappa shape index (κ3) is 10.1. The van der Waals surface area contributed by atoms with Gasteiger partial charge in [0.05, 0.1) is 6.42 Å². The molecule has 0 bridgehead atoms. The van der Waals surface area contributed by atoms with Crippen molar-refractivity contribution in [3.8, 4) is 12.0 Å². The topological polar surface area (TPSA) is 73.0 Å². The number of nitrogens with zero attached hydrogens (tertiary/aromatic N) is 3. The molecule has 7 heteroatoms. The summed E-state index contributed by atoms with van der Waals surface area (Å²) in [5.74, 6) is 3.24. The Bertz CT molecular complexity index is 982. The van der Waals surface area contributed by atoms with Crippen LogP contribution in [0.2, 0.25) is 0 Å². The Balaban J connectivity index is 1.83. The molecule has 1 fully saturated rings. The molecule has 1 aromatic rings. The normalized spacial score (nSPS) is 20.2. The Morgan fingerprint density at radius 1 is 0.973 bits per heavy atom. The summed E-state index contributed by atoms with van der Waals surface area (Å²) >= 11 is 0. The first-order valence-corrected chi connectivity index (χ1v) is 13.3. The quantitative estimate of drug-likeness (QED) is 0.375. The first kappa shape index (κ1) is 30.2. The van der Waals surface area contributed by atoms with Gasteiger partial charge in [0.1, 0.15) is 0 Å². The second-order valence-electron chi connectivity index (χ2n) is 11.9. The molecule has 0 aromatic heterocycles. The van der Waals surface area contributed by atoms with Crippen LogP contribution < -0.4 is 5.32 Å². The van der Waals surface area contributed by atoms with Gasteiger partial charge in [-0.1, -0.05) is 57.0 Å². The molecule has 7 nitrogen and oxygen atoms in total. The van der Waals surface area contributed by atoms with Crippen LogP contribution in [-0.2, 0) is 16.0 Å². The molecule has 1 aliphatic carbocycles. The standard InChI is InChI=1S/C30H46N4O3/c1-8-15-34(7)28(37)31-23-30(4)21-25(20-29(2,3)22-30)19-27(36)33(6)17-12-16-32(5)26(35)18-24-13-10-9-11-14-24/h9-11,13-14,25H,12,16-23H2,1-7H3,(H,31,37). The van der Waals surface area contributed by atoms with E-state index in [1.54, 1.807) is 23.8 Å². The fraction of sp³-hybridized carbons (Fsp3) is 0.633. The predicted molar refractivity (Wildman–Crippen MR) is 148 cm³/mol. The van der Waals surface area contributed by atoms with Crippen LogP contribution in [0.4, 0.5) is 4.79 Å². The van der Waals surface area contributed by atoms with Crippen LogP contribution >= 0.6 is 0 Å². The Labute approximate surface area is 223 Å². The minimum absolute atomic E-state index is 0.0801. The third-order valence-electron chi connectivity index (χ3n) is 7.28. The maximum atomic E-state index is 13.1. The van der Waals surface area contributed by atoms with Crippen LogP contribution in [0.1, 0.15) is 65.4 Å². The molecule has 204 valence electrons. The average Bonchev–Trinajstić information content (AvgIpc) is 2.81. The van der Waals surface area contributed by atoms with Gasteiger partial charge >= 0.3 is 6.03 Å². The largest absolute Gasteiger partial charge is 0.346 e. The van der Waals surface area contributed by atoms with Gasteiger partial charge in [-0.25, -0.2) is 4.79 Å². The lowest BCUT2D eigenvalue weighted by Gasteiger charge is -2.47. The maximum Gasteiger partial charge on any atom is 0.328 e. The summed E-state index contributed by atoms with van der Waals surface area (Å²) in [6.07, 6.45) is 4.53. The van der Waals surface area contributed by atoms with E-state index in [-0.39, 0.29) is 34.6 Å². The van der Waals surface area contributed by atoms with Crippen molar-refractivity contribution in [2.24, 2.45) is 16.7 Å². The lowest BCUT2D eigenvalue weighted by molar-refractivity contribution is -0.132. The zero-order valence-corrected chi connectivity index (χ0v) is 23.9. The van der Waals surface area contributed by atoms with Crippen molar-refractivity contribution < 1.29 is 14.4 Å². The number of benzene rings is 1. The van der Waals surface area contributed by atoms with Gasteiger partial charge in [0.15, 0.2) is 0 Å². The highest BCUT2D eigenvalue weighted by molar-refractivity contribution is 5.78. The van der Waals surface area contributed by atoms with Gasteiger partial charge in [-0.15, -0.1) is 0 Å². The Kier molecular flexibility index (Phi) is 11.0. The average molecular weight is 511 g/mol. The Morgan fingerprint density at radius 2 is 1.59 bits per heavy atom. The van der Waals surface area contributed by atoms with E-state index in [0.29, 0.717) is 32.5 Å². The number of rotatable bonds is 10. The van der Waals surface area contributed by atoms with Crippen molar-refractivity contribution >= 4 is 17.8 Å². The van der Waals surface area contributed by atoms with Crippen LogP contribution in [-0.4, -0.2) is 73.3 Å². The van der Waals surface area contributed by atoms with Crippen LogP contribution in [0.15, 0.2) is 30.3 Å². The minimum Gasteiger partial charge on any atom is -0.346 e. The molecule has 2 unspecified atom stereocenters. The summed E-state index contributed by atoms with van der Waals surface area (Å²) in [7, 11) is 5.34. The zero-order chi connectivity index (χ0) is 27.6. The number of nitrogens with one attached hydrogen (secondary N) is 1. The molecule has 1 aromatic carbocycles. The number of urea groups is 1. The van der Waals surface area contributed by atoms with Crippen molar-refractivity contribution in [1.82, 2.24) is 20.0 Å². The van der Waals surface area contributed by atoms with Gasteiger partial charge < -0.3 is 15.1 Å². The van der Waals surface area contributed by atoms with Gasteiger partial charge in [-0.05, 0) is 54.9 Å². The van der Waals surface area contributed by atoms with Gasteiger partial charge in [-0.3, -0.25) is 14.5 Å². The van der Waals surface area contributed by atoms with E-state index in [0.717, 1.165) is 31.2 Å². The maximum absolute atomic E-state index is 13.1. The lowest BCUT2D eigenvalue weighted by atomic mass is 9.60. The highest BCUT2D eigenvalue weighted by Crippen LogP contribution is 2.49. The van der Waals surface area contributed by atoms with Crippen molar-refractivity contribution in [3.05, 3.63) is 35.9 Å². The van der Waals surface area contributed by atoms with Gasteiger partial charge in [-0.2, -0.15) is 0 Å². The Hall–Kier alpha value is -3.01. The zero-order valence-electron chi connectivity index (χ0n) is 23.9. The number of hydrogen-bond donors (Lipinski definition) is 1. The molecule has 37 heavy (non-hydrogen) atoms. The second-order valence-corrected chi connectivity index (χ2v) is 11.9. The summed E-state index contributed by atoms with van der Waals surface area (Å²) in [5.41, 5.74) is 1.02. The van der Waals surface area contributed by atoms with Gasteiger partial charge in [0, 0.05) is 53.2 Å². The van der Waals surface area contributed by atoms with Crippen molar-refractivity contribution in [1.29, 1.82) is 0 Å². The van der Waals surface area contributed by atoms with Crippen LogP contribution in [0.3, 0.4) is 0 Å². The molecule has 1 saturated carbocycles. The minimum atomic E-state index is -0.196. The van der Waals surface area contributed by atoms with Gasteiger partial charge in [0.2, 0.25) is 11.8 Å². The van der Waals surface area contributed by atoms with E-state index in [1.807, 2.05) is 44.4 Å². The van der Waals surface area contributed by atoms with Crippen molar-refractivity contribution in [2.45, 2.75) is 66.2 Å². The van der Waals surface area contributed by atoms with E-state index in [1.165, 1.54) is 4.90 Å². The van der Waals surface area contributed by atoms with Gasteiger partial charge in [0.25, 0.3) is 0 Å². The van der Waals surface area contributed by atoms with Crippen LogP contribution in [0.25, 0.3) is 0 Å². The van der Waals surface area contributed by atoms with Crippen LogP contribution in [0, 0.1) is 28.7 Å². The highest BCUT2D eigenvalue weighted by Gasteiger charge is 2.42. The first-order chi connectivity index (χ1) is 17.3. The third-order valence-corrected chi connectivity index (χ3v) is 7.28. The van der Waals surface area contributed by atoms with E-state index < -0.39 is 0 Å². The number of amides is 4. The molecule has 1 N–H and O–H groups in total. The van der Waals surface area contributed by atoms with E-state index in [9.17, 15) is 14.4 Å². The molecular formula is C30H46N4O3. The molecule has 0 radical (unpaired) electrons. The van der Waals surface area contributed by atoms with Crippen molar-refractivity contribution in [2.75, 3.05) is 40.8 Å². The fourth-order valence-electron chi connectivity index (χ4n) is 5.86. The molecule has 0 aliphatic heterocycles. The van der Waals surface area contributed by atoms with E-state index in [4.69, 9.17) is 0 Å². The summed E-state index contributed by atoms with van der Waals surface area (Å²) < 4.78 is 0. The number of carbonyl (C=O) groups excluding carboxylic acids is 3. The van der Waals surface area contributed by atoms with E-state index >= 15 is 0 Å². The summed E-state index contributed by atoms with van der Waals surface area (Å²) in [6.45, 7) is 10.2. The molecule has 0 spiro atoms.